The van der Waals surface area contributed by atoms with Crippen molar-refractivity contribution in [1.82, 2.24) is 9.80 Å². The van der Waals surface area contributed by atoms with Gasteiger partial charge in [-0.25, -0.2) is 0 Å². The average molecular weight is 225 g/mol. The van der Waals surface area contributed by atoms with E-state index in [0.717, 1.165) is 24.4 Å². The first-order valence-corrected chi connectivity index (χ1v) is 6.83. The van der Waals surface area contributed by atoms with E-state index < -0.39 is 0 Å². The summed E-state index contributed by atoms with van der Waals surface area (Å²) in [5.41, 5.74) is 5.87. The molecule has 2 unspecified atom stereocenters. The third-order valence-corrected chi connectivity index (χ3v) is 4.65. The van der Waals surface area contributed by atoms with Crippen LogP contribution in [-0.4, -0.2) is 55.6 Å². The molecule has 0 saturated carbocycles. The van der Waals surface area contributed by atoms with Crippen molar-refractivity contribution in [2.24, 2.45) is 17.6 Å². The Morgan fingerprint density at radius 2 is 1.81 bits per heavy atom. The molecule has 3 heteroatoms. The third-order valence-electron chi connectivity index (χ3n) is 4.65. The molecular formula is C13H27N3. The number of rotatable bonds is 2. The molecule has 2 fully saturated rings. The van der Waals surface area contributed by atoms with Gasteiger partial charge in [0, 0.05) is 12.6 Å². The summed E-state index contributed by atoms with van der Waals surface area (Å²) in [6.45, 7) is 8.31. The van der Waals surface area contributed by atoms with Crippen LogP contribution < -0.4 is 5.73 Å². The second kappa shape index (κ2) is 5.48. The van der Waals surface area contributed by atoms with Gasteiger partial charge < -0.3 is 10.6 Å². The summed E-state index contributed by atoms with van der Waals surface area (Å²) in [7, 11) is 2.23. The van der Waals surface area contributed by atoms with Crippen LogP contribution in [0.2, 0.25) is 0 Å². The van der Waals surface area contributed by atoms with Crippen LogP contribution in [0.15, 0.2) is 0 Å². The minimum Gasteiger partial charge on any atom is -0.330 e. The first-order chi connectivity index (χ1) is 7.70. The van der Waals surface area contributed by atoms with E-state index in [0.29, 0.717) is 0 Å². The van der Waals surface area contributed by atoms with Gasteiger partial charge in [-0.3, -0.25) is 4.90 Å². The molecular weight excluding hydrogens is 198 g/mol. The highest BCUT2D eigenvalue weighted by atomic mass is 15.2. The third kappa shape index (κ3) is 2.76. The van der Waals surface area contributed by atoms with Crippen molar-refractivity contribution >= 4 is 0 Å². The maximum absolute atomic E-state index is 5.87. The van der Waals surface area contributed by atoms with Crippen molar-refractivity contribution in [2.75, 3.05) is 39.8 Å². The molecule has 2 atom stereocenters. The molecule has 0 aromatic heterocycles. The molecule has 0 bridgehead atoms. The Morgan fingerprint density at radius 3 is 2.44 bits per heavy atom. The van der Waals surface area contributed by atoms with E-state index in [2.05, 4.69) is 23.8 Å². The van der Waals surface area contributed by atoms with Crippen molar-refractivity contribution in [3.63, 3.8) is 0 Å². The predicted molar refractivity (Wildman–Crippen MR) is 68.4 cm³/mol. The smallest absolute Gasteiger partial charge is 0.0120 e. The standard InChI is InChI=1S/C13H27N3/c1-11-3-8-16(10-12(11)9-14)13-4-6-15(2)7-5-13/h11-13H,3-10,14H2,1-2H3. The summed E-state index contributed by atoms with van der Waals surface area (Å²) in [6, 6.07) is 0.831. The Morgan fingerprint density at radius 1 is 1.12 bits per heavy atom. The number of piperidine rings is 2. The second-order valence-corrected chi connectivity index (χ2v) is 5.79. The summed E-state index contributed by atoms with van der Waals surface area (Å²) >= 11 is 0. The van der Waals surface area contributed by atoms with E-state index in [-0.39, 0.29) is 0 Å². The lowest BCUT2D eigenvalue weighted by molar-refractivity contribution is 0.0585. The molecule has 0 radical (unpaired) electrons. The Kier molecular flexibility index (Phi) is 4.22. The van der Waals surface area contributed by atoms with Gasteiger partial charge in [-0.05, 0) is 64.3 Å². The summed E-state index contributed by atoms with van der Waals surface area (Å²) in [6.07, 6.45) is 4.04. The van der Waals surface area contributed by atoms with E-state index in [1.807, 2.05) is 0 Å². The van der Waals surface area contributed by atoms with Crippen LogP contribution in [0.1, 0.15) is 26.2 Å². The normalized spacial score (nSPS) is 35.4. The zero-order chi connectivity index (χ0) is 11.5. The van der Waals surface area contributed by atoms with Crippen LogP contribution in [0.5, 0.6) is 0 Å². The van der Waals surface area contributed by atoms with E-state index >= 15 is 0 Å². The quantitative estimate of drug-likeness (QED) is 0.761. The minimum absolute atomic E-state index is 0.730. The van der Waals surface area contributed by atoms with Crippen LogP contribution in [0.3, 0.4) is 0 Å². The van der Waals surface area contributed by atoms with E-state index in [1.165, 1.54) is 45.4 Å². The van der Waals surface area contributed by atoms with Crippen LogP contribution in [0.25, 0.3) is 0 Å². The molecule has 0 aromatic rings. The van der Waals surface area contributed by atoms with Gasteiger partial charge in [-0.15, -0.1) is 0 Å². The van der Waals surface area contributed by atoms with Crippen molar-refractivity contribution < 1.29 is 0 Å². The van der Waals surface area contributed by atoms with Crippen LogP contribution >= 0.6 is 0 Å². The molecule has 0 aromatic carbocycles. The number of nitrogens with zero attached hydrogens (tertiary/aromatic N) is 2. The maximum atomic E-state index is 5.87. The van der Waals surface area contributed by atoms with Crippen LogP contribution in [0.4, 0.5) is 0 Å². The molecule has 2 rings (SSSR count). The zero-order valence-electron chi connectivity index (χ0n) is 10.9. The first kappa shape index (κ1) is 12.3. The topological polar surface area (TPSA) is 32.5 Å². The van der Waals surface area contributed by atoms with E-state index in [1.54, 1.807) is 0 Å². The number of likely N-dealkylation sites (tertiary alicyclic amines) is 2. The van der Waals surface area contributed by atoms with Gasteiger partial charge in [0.1, 0.15) is 0 Å². The molecule has 0 amide bonds. The fraction of sp³-hybridized carbons (Fsp3) is 1.00. The second-order valence-electron chi connectivity index (χ2n) is 5.79. The monoisotopic (exact) mass is 225 g/mol. The predicted octanol–water partition coefficient (Wildman–Crippen LogP) is 0.997. The van der Waals surface area contributed by atoms with Gasteiger partial charge in [-0.2, -0.15) is 0 Å². The Bertz CT molecular complexity index is 211. The molecule has 2 aliphatic rings. The molecule has 2 aliphatic heterocycles. The highest BCUT2D eigenvalue weighted by molar-refractivity contribution is 4.85. The van der Waals surface area contributed by atoms with Crippen LogP contribution in [0, 0.1) is 11.8 Å². The highest BCUT2D eigenvalue weighted by Crippen LogP contribution is 2.26. The number of hydrogen-bond acceptors (Lipinski definition) is 3. The molecule has 2 heterocycles. The Hall–Kier alpha value is -0.120. The van der Waals surface area contributed by atoms with Gasteiger partial charge >= 0.3 is 0 Å². The van der Waals surface area contributed by atoms with E-state index in [9.17, 15) is 0 Å². The van der Waals surface area contributed by atoms with Crippen molar-refractivity contribution in [3.8, 4) is 0 Å². The lowest BCUT2D eigenvalue weighted by Gasteiger charge is -2.43. The minimum atomic E-state index is 0.730. The molecule has 94 valence electrons. The van der Waals surface area contributed by atoms with Crippen molar-refractivity contribution in [1.29, 1.82) is 0 Å². The average Bonchev–Trinajstić information content (AvgIpc) is 2.31. The molecule has 2 saturated heterocycles. The first-order valence-electron chi connectivity index (χ1n) is 6.83. The lowest BCUT2D eigenvalue weighted by Crippen LogP contribution is -2.50. The fourth-order valence-electron chi connectivity index (χ4n) is 3.18. The summed E-state index contributed by atoms with van der Waals surface area (Å²) in [5.74, 6) is 1.56. The number of hydrogen-bond donors (Lipinski definition) is 1. The van der Waals surface area contributed by atoms with Crippen molar-refractivity contribution in [2.45, 2.75) is 32.2 Å². The summed E-state index contributed by atoms with van der Waals surface area (Å²) in [5, 5.41) is 0. The molecule has 0 aliphatic carbocycles. The highest BCUT2D eigenvalue weighted by Gasteiger charge is 2.30. The van der Waals surface area contributed by atoms with Crippen LogP contribution in [-0.2, 0) is 0 Å². The Balaban J connectivity index is 1.85. The van der Waals surface area contributed by atoms with Gasteiger partial charge in [0.05, 0.1) is 0 Å². The number of nitrogens with two attached hydrogens (primary N) is 1. The van der Waals surface area contributed by atoms with Gasteiger partial charge in [-0.1, -0.05) is 6.92 Å². The summed E-state index contributed by atoms with van der Waals surface area (Å²) in [4.78, 5) is 5.16. The van der Waals surface area contributed by atoms with Gasteiger partial charge in [0.15, 0.2) is 0 Å². The SMILES string of the molecule is CC1CCN(C2CCN(C)CC2)CC1CN. The molecule has 16 heavy (non-hydrogen) atoms. The fourth-order valence-corrected chi connectivity index (χ4v) is 3.18. The molecule has 0 spiro atoms. The van der Waals surface area contributed by atoms with Gasteiger partial charge in [0.2, 0.25) is 0 Å². The Labute approximate surface area is 100.0 Å². The molecule has 2 N–H and O–H groups in total. The summed E-state index contributed by atoms with van der Waals surface area (Å²) < 4.78 is 0. The molecule has 3 nitrogen and oxygen atoms in total. The van der Waals surface area contributed by atoms with E-state index in [4.69, 9.17) is 5.73 Å². The largest absolute Gasteiger partial charge is 0.330 e. The lowest BCUT2D eigenvalue weighted by atomic mass is 9.85. The van der Waals surface area contributed by atoms with Gasteiger partial charge in [0.25, 0.3) is 0 Å². The maximum Gasteiger partial charge on any atom is 0.0120 e. The van der Waals surface area contributed by atoms with Crippen molar-refractivity contribution in [3.05, 3.63) is 0 Å². The zero-order valence-corrected chi connectivity index (χ0v) is 10.9.